The lowest BCUT2D eigenvalue weighted by molar-refractivity contribution is -0.389. The largest absolute Gasteiger partial charge is 0.508 e. The molecule has 140 valence electrons. The SMILES string of the molecule is O=[N+]([O-])c1c(N2CCC(CCc3ccc(O)cc3)CC2)nc2ccccn12. The van der Waals surface area contributed by atoms with Crippen LogP contribution in [0.3, 0.4) is 0 Å². The van der Waals surface area contributed by atoms with Crippen LogP contribution in [0, 0.1) is 16.0 Å². The van der Waals surface area contributed by atoms with Crippen molar-refractivity contribution in [3.05, 3.63) is 64.3 Å². The number of imidazole rings is 1. The number of aromatic nitrogens is 2. The Morgan fingerprint density at radius 3 is 2.59 bits per heavy atom. The lowest BCUT2D eigenvalue weighted by Crippen LogP contribution is -2.34. The molecule has 1 N–H and O–H groups in total. The number of phenolic OH excluding ortho intramolecular Hbond substituents is 1. The van der Waals surface area contributed by atoms with Crippen LogP contribution < -0.4 is 4.90 Å². The number of benzene rings is 1. The quantitative estimate of drug-likeness (QED) is 0.548. The van der Waals surface area contributed by atoms with Gasteiger partial charge in [-0.1, -0.05) is 18.2 Å². The molecule has 1 aliphatic heterocycles. The van der Waals surface area contributed by atoms with Gasteiger partial charge in [0.15, 0.2) is 0 Å². The molecule has 0 aliphatic carbocycles. The van der Waals surface area contributed by atoms with Crippen molar-refractivity contribution in [3.8, 4) is 5.75 Å². The zero-order valence-electron chi connectivity index (χ0n) is 15.0. The summed E-state index contributed by atoms with van der Waals surface area (Å²) in [4.78, 5) is 17.8. The fraction of sp³-hybridized carbons (Fsp3) is 0.350. The molecule has 7 nitrogen and oxygen atoms in total. The second-order valence-electron chi connectivity index (χ2n) is 7.08. The van der Waals surface area contributed by atoms with Crippen molar-refractivity contribution in [2.45, 2.75) is 25.7 Å². The van der Waals surface area contributed by atoms with Crippen LogP contribution in [0.4, 0.5) is 11.6 Å². The molecule has 0 bridgehead atoms. The van der Waals surface area contributed by atoms with E-state index in [0.717, 1.165) is 38.8 Å². The van der Waals surface area contributed by atoms with Gasteiger partial charge < -0.3 is 20.1 Å². The number of rotatable bonds is 5. The van der Waals surface area contributed by atoms with E-state index in [-0.39, 0.29) is 10.7 Å². The third-order valence-corrected chi connectivity index (χ3v) is 5.35. The van der Waals surface area contributed by atoms with Crippen molar-refractivity contribution >= 4 is 17.3 Å². The predicted molar refractivity (Wildman–Crippen MR) is 103 cm³/mol. The van der Waals surface area contributed by atoms with Gasteiger partial charge in [-0.25, -0.2) is 0 Å². The van der Waals surface area contributed by atoms with Crippen molar-refractivity contribution in [1.82, 2.24) is 9.38 Å². The van der Waals surface area contributed by atoms with Gasteiger partial charge in [-0.3, -0.25) is 0 Å². The lowest BCUT2D eigenvalue weighted by atomic mass is 9.90. The minimum Gasteiger partial charge on any atom is -0.508 e. The van der Waals surface area contributed by atoms with Crippen molar-refractivity contribution in [2.24, 2.45) is 5.92 Å². The molecule has 0 atom stereocenters. The minimum absolute atomic E-state index is 0.0492. The number of pyridine rings is 1. The lowest BCUT2D eigenvalue weighted by Gasteiger charge is -2.31. The van der Waals surface area contributed by atoms with E-state index < -0.39 is 0 Å². The molecule has 0 spiro atoms. The summed E-state index contributed by atoms with van der Waals surface area (Å²) in [6.07, 6.45) is 5.77. The third kappa shape index (κ3) is 3.58. The number of aryl methyl sites for hydroxylation is 1. The zero-order valence-corrected chi connectivity index (χ0v) is 15.0. The highest BCUT2D eigenvalue weighted by molar-refractivity contribution is 5.63. The van der Waals surface area contributed by atoms with Crippen molar-refractivity contribution in [1.29, 1.82) is 0 Å². The first-order valence-corrected chi connectivity index (χ1v) is 9.26. The van der Waals surface area contributed by atoms with E-state index in [1.165, 1.54) is 5.56 Å². The van der Waals surface area contributed by atoms with Crippen LogP contribution in [0.15, 0.2) is 48.7 Å². The van der Waals surface area contributed by atoms with Gasteiger partial charge in [-0.05, 0) is 60.3 Å². The van der Waals surface area contributed by atoms with Gasteiger partial charge in [0.05, 0.1) is 6.20 Å². The molecule has 7 heteroatoms. The monoisotopic (exact) mass is 366 g/mol. The van der Waals surface area contributed by atoms with Crippen molar-refractivity contribution in [2.75, 3.05) is 18.0 Å². The Kier molecular flexibility index (Phi) is 4.66. The summed E-state index contributed by atoms with van der Waals surface area (Å²) in [7, 11) is 0. The summed E-state index contributed by atoms with van der Waals surface area (Å²) in [6, 6.07) is 12.8. The highest BCUT2D eigenvalue weighted by Crippen LogP contribution is 2.32. The number of nitro groups is 1. The Morgan fingerprint density at radius 2 is 1.89 bits per heavy atom. The molecule has 27 heavy (non-hydrogen) atoms. The van der Waals surface area contributed by atoms with Gasteiger partial charge in [-0.2, -0.15) is 9.38 Å². The topological polar surface area (TPSA) is 83.9 Å². The third-order valence-electron chi connectivity index (χ3n) is 5.35. The first-order valence-electron chi connectivity index (χ1n) is 9.26. The normalized spacial score (nSPS) is 15.3. The number of hydrogen-bond donors (Lipinski definition) is 1. The van der Waals surface area contributed by atoms with Crippen LogP contribution in [0.25, 0.3) is 5.65 Å². The number of nitrogens with zero attached hydrogens (tertiary/aromatic N) is 4. The number of phenols is 1. The highest BCUT2D eigenvalue weighted by atomic mass is 16.6. The maximum atomic E-state index is 11.6. The van der Waals surface area contributed by atoms with Gasteiger partial charge in [0.25, 0.3) is 0 Å². The number of piperidine rings is 1. The predicted octanol–water partition coefficient (Wildman–Crippen LogP) is 3.80. The van der Waals surface area contributed by atoms with Crippen LogP contribution >= 0.6 is 0 Å². The van der Waals surface area contributed by atoms with Crippen LogP contribution in [-0.2, 0) is 6.42 Å². The van der Waals surface area contributed by atoms with E-state index in [2.05, 4.69) is 4.98 Å². The summed E-state index contributed by atoms with van der Waals surface area (Å²) in [6.45, 7) is 1.57. The Hall–Kier alpha value is -3.09. The van der Waals surface area contributed by atoms with E-state index in [1.807, 2.05) is 23.1 Å². The summed E-state index contributed by atoms with van der Waals surface area (Å²) in [5.74, 6) is 1.42. The Balaban J connectivity index is 1.42. The molecule has 0 amide bonds. The van der Waals surface area contributed by atoms with Gasteiger partial charge >= 0.3 is 5.82 Å². The zero-order chi connectivity index (χ0) is 18.8. The Labute approximate surface area is 157 Å². The van der Waals surface area contributed by atoms with Crippen molar-refractivity contribution < 1.29 is 10.0 Å². The maximum absolute atomic E-state index is 11.6. The summed E-state index contributed by atoms with van der Waals surface area (Å²) in [5, 5.41) is 21.0. The number of hydrogen-bond acceptors (Lipinski definition) is 5. The van der Waals surface area contributed by atoms with E-state index in [0.29, 0.717) is 23.1 Å². The molecule has 3 heterocycles. The second kappa shape index (κ2) is 7.26. The smallest absolute Gasteiger partial charge is 0.372 e. The molecule has 0 saturated carbocycles. The van der Waals surface area contributed by atoms with Crippen LogP contribution in [-0.4, -0.2) is 32.5 Å². The fourth-order valence-corrected chi connectivity index (χ4v) is 3.82. The molecule has 2 aromatic heterocycles. The standard InChI is InChI=1S/C20H22N4O3/c25-17-8-6-15(7-9-17)4-5-16-10-13-22(14-11-16)19-20(24(26)27)23-12-2-1-3-18(23)21-19/h1-3,6-9,12,16,25H,4-5,10-11,13-14H2. The molecule has 1 aliphatic rings. The summed E-state index contributed by atoms with van der Waals surface area (Å²) < 4.78 is 1.55. The Morgan fingerprint density at radius 1 is 1.15 bits per heavy atom. The second-order valence-corrected chi connectivity index (χ2v) is 7.08. The molecular formula is C20H22N4O3. The average molecular weight is 366 g/mol. The number of anilines is 1. The van der Waals surface area contributed by atoms with Crippen LogP contribution in [0.5, 0.6) is 5.75 Å². The average Bonchev–Trinajstić information content (AvgIpc) is 3.08. The fourth-order valence-electron chi connectivity index (χ4n) is 3.82. The van der Waals surface area contributed by atoms with Gasteiger partial charge in [0, 0.05) is 19.2 Å². The molecule has 0 radical (unpaired) electrons. The van der Waals surface area contributed by atoms with Gasteiger partial charge in [0.2, 0.25) is 11.5 Å². The highest BCUT2D eigenvalue weighted by Gasteiger charge is 2.29. The Bertz CT molecular complexity index is 944. The molecular weight excluding hydrogens is 344 g/mol. The van der Waals surface area contributed by atoms with Crippen molar-refractivity contribution in [3.63, 3.8) is 0 Å². The summed E-state index contributed by atoms with van der Waals surface area (Å²) >= 11 is 0. The van der Waals surface area contributed by atoms with Gasteiger partial charge in [-0.15, -0.1) is 0 Å². The maximum Gasteiger partial charge on any atom is 0.372 e. The van der Waals surface area contributed by atoms with Gasteiger partial charge in [0.1, 0.15) is 5.75 Å². The first-order chi connectivity index (χ1) is 13.1. The molecule has 0 unspecified atom stereocenters. The molecule has 1 saturated heterocycles. The molecule has 4 rings (SSSR count). The van der Waals surface area contributed by atoms with Crippen LogP contribution in [0.1, 0.15) is 24.8 Å². The minimum atomic E-state index is -0.341. The van der Waals surface area contributed by atoms with E-state index in [4.69, 9.17) is 0 Å². The molecule has 1 fully saturated rings. The van der Waals surface area contributed by atoms with E-state index in [1.54, 1.807) is 34.9 Å². The number of aromatic hydroxyl groups is 1. The summed E-state index contributed by atoms with van der Waals surface area (Å²) in [5.41, 5.74) is 1.83. The molecule has 1 aromatic carbocycles. The van der Waals surface area contributed by atoms with E-state index in [9.17, 15) is 15.2 Å². The number of fused-ring (bicyclic) bond motifs is 1. The van der Waals surface area contributed by atoms with E-state index >= 15 is 0 Å². The molecule has 3 aromatic rings. The first kappa shape index (κ1) is 17.3. The van der Waals surface area contributed by atoms with Crippen LogP contribution in [0.2, 0.25) is 0 Å².